The number of nitrogens with one attached hydrogen (secondary N) is 2. The second-order valence-electron chi connectivity index (χ2n) is 6.63. The van der Waals surface area contributed by atoms with E-state index in [0.717, 1.165) is 11.3 Å². The molecule has 1 amide bonds. The van der Waals surface area contributed by atoms with Crippen molar-refractivity contribution in [3.63, 3.8) is 0 Å². The van der Waals surface area contributed by atoms with E-state index >= 15 is 0 Å². The molecule has 6 nitrogen and oxygen atoms in total. The standard InChI is InChI=1S/C21H23N5O/c1-14(2)17-4-6-18(7-5-17)26-20-12-19(24-15(3)25-20)21(27)23-13-16-8-10-22-11-9-16/h4-12,14H,13H2,1-3H3,(H,23,27)(H,24,25,26). The predicted octanol–water partition coefficient (Wildman–Crippen LogP) is 3.98. The fourth-order valence-corrected chi connectivity index (χ4v) is 2.62. The van der Waals surface area contributed by atoms with Gasteiger partial charge in [0.05, 0.1) is 0 Å². The summed E-state index contributed by atoms with van der Waals surface area (Å²) in [4.78, 5) is 25.0. The molecule has 27 heavy (non-hydrogen) atoms. The number of anilines is 2. The minimum absolute atomic E-state index is 0.240. The first-order valence-electron chi connectivity index (χ1n) is 8.91. The highest BCUT2D eigenvalue weighted by atomic mass is 16.1. The SMILES string of the molecule is Cc1nc(Nc2ccc(C(C)C)cc2)cc(C(=O)NCc2ccncc2)n1. The summed E-state index contributed by atoms with van der Waals surface area (Å²) in [7, 11) is 0. The fourth-order valence-electron chi connectivity index (χ4n) is 2.62. The topological polar surface area (TPSA) is 79.8 Å². The zero-order valence-corrected chi connectivity index (χ0v) is 15.7. The van der Waals surface area contributed by atoms with Crippen molar-refractivity contribution in [3.8, 4) is 0 Å². The Hall–Kier alpha value is -3.28. The molecule has 1 aromatic carbocycles. The number of aromatic nitrogens is 3. The van der Waals surface area contributed by atoms with Crippen molar-refractivity contribution in [1.82, 2.24) is 20.3 Å². The van der Waals surface area contributed by atoms with E-state index in [9.17, 15) is 4.79 Å². The van der Waals surface area contributed by atoms with Crippen LogP contribution in [0.25, 0.3) is 0 Å². The van der Waals surface area contributed by atoms with Gasteiger partial charge in [0.25, 0.3) is 5.91 Å². The Morgan fingerprint density at radius 1 is 1.04 bits per heavy atom. The lowest BCUT2D eigenvalue weighted by molar-refractivity contribution is 0.0945. The molecular formula is C21H23N5O. The summed E-state index contributed by atoms with van der Waals surface area (Å²) < 4.78 is 0. The number of hydrogen-bond acceptors (Lipinski definition) is 5. The summed E-state index contributed by atoms with van der Waals surface area (Å²) in [5, 5.41) is 6.11. The van der Waals surface area contributed by atoms with E-state index in [1.165, 1.54) is 5.56 Å². The number of carbonyl (C=O) groups excluding carboxylic acids is 1. The molecule has 0 atom stereocenters. The molecule has 2 N–H and O–H groups in total. The molecule has 2 aromatic heterocycles. The van der Waals surface area contributed by atoms with E-state index in [2.05, 4.69) is 51.6 Å². The van der Waals surface area contributed by atoms with Crippen LogP contribution in [0.1, 0.15) is 47.2 Å². The Kier molecular flexibility index (Phi) is 5.76. The van der Waals surface area contributed by atoms with Gasteiger partial charge in [0.1, 0.15) is 17.3 Å². The van der Waals surface area contributed by atoms with E-state index in [-0.39, 0.29) is 5.91 Å². The first kappa shape index (κ1) is 18.5. The van der Waals surface area contributed by atoms with Crippen LogP contribution in [-0.2, 0) is 6.54 Å². The highest BCUT2D eigenvalue weighted by Gasteiger charge is 2.11. The summed E-state index contributed by atoms with van der Waals surface area (Å²) in [6, 6.07) is 13.6. The fraction of sp³-hybridized carbons (Fsp3) is 0.238. The third-order valence-corrected chi connectivity index (χ3v) is 4.12. The molecule has 0 saturated carbocycles. The highest BCUT2D eigenvalue weighted by molar-refractivity contribution is 5.93. The van der Waals surface area contributed by atoms with Crippen LogP contribution in [0.3, 0.4) is 0 Å². The molecule has 0 fully saturated rings. The number of carbonyl (C=O) groups is 1. The molecule has 2 heterocycles. The van der Waals surface area contributed by atoms with Gasteiger partial charge >= 0.3 is 0 Å². The molecule has 0 bridgehead atoms. The number of aryl methyl sites for hydroxylation is 1. The number of rotatable bonds is 6. The number of nitrogens with zero attached hydrogens (tertiary/aromatic N) is 3. The summed E-state index contributed by atoms with van der Waals surface area (Å²) in [5.41, 5.74) is 3.50. The first-order valence-corrected chi connectivity index (χ1v) is 8.91. The number of hydrogen-bond donors (Lipinski definition) is 2. The number of benzene rings is 1. The minimum Gasteiger partial charge on any atom is -0.347 e. The molecule has 6 heteroatoms. The average molecular weight is 361 g/mol. The van der Waals surface area contributed by atoms with E-state index in [0.29, 0.717) is 29.8 Å². The monoisotopic (exact) mass is 361 g/mol. The normalized spacial score (nSPS) is 10.7. The zero-order valence-electron chi connectivity index (χ0n) is 15.7. The van der Waals surface area contributed by atoms with Crippen LogP contribution in [0.2, 0.25) is 0 Å². The van der Waals surface area contributed by atoms with Gasteiger partial charge in [-0.05, 0) is 48.2 Å². The third-order valence-electron chi connectivity index (χ3n) is 4.12. The largest absolute Gasteiger partial charge is 0.347 e. The molecule has 0 spiro atoms. The molecule has 0 aliphatic carbocycles. The Morgan fingerprint density at radius 2 is 1.74 bits per heavy atom. The maximum atomic E-state index is 12.4. The van der Waals surface area contributed by atoms with Crippen LogP contribution >= 0.6 is 0 Å². The van der Waals surface area contributed by atoms with Crippen molar-refractivity contribution in [2.24, 2.45) is 0 Å². The molecule has 0 aliphatic heterocycles. The summed E-state index contributed by atoms with van der Waals surface area (Å²) in [6.45, 7) is 6.51. The van der Waals surface area contributed by atoms with Crippen LogP contribution in [0.15, 0.2) is 54.9 Å². The van der Waals surface area contributed by atoms with Gasteiger partial charge in [-0.15, -0.1) is 0 Å². The van der Waals surface area contributed by atoms with Crippen LogP contribution < -0.4 is 10.6 Å². The van der Waals surface area contributed by atoms with Crippen LogP contribution in [-0.4, -0.2) is 20.9 Å². The quantitative estimate of drug-likeness (QED) is 0.694. The van der Waals surface area contributed by atoms with Crippen molar-refractivity contribution in [1.29, 1.82) is 0 Å². The Morgan fingerprint density at radius 3 is 2.41 bits per heavy atom. The van der Waals surface area contributed by atoms with Crippen molar-refractivity contribution in [3.05, 3.63) is 77.5 Å². The molecule has 0 saturated heterocycles. The Bertz CT molecular complexity index is 908. The highest BCUT2D eigenvalue weighted by Crippen LogP contribution is 2.20. The number of pyridine rings is 1. The average Bonchev–Trinajstić information content (AvgIpc) is 2.67. The van der Waals surface area contributed by atoms with Gasteiger partial charge in [0.2, 0.25) is 0 Å². The molecule has 0 radical (unpaired) electrons. The third kappa shape index (κ3) is 5.10. The first-order chi connectivity index (χ1) is 13.0. The van der Waals surface area contributed by atoms with E-state index in [4.69, 9.17) is 0 Å². The van der Waals surface area contributed by atoms with Crippen LogP contribution in [0.4, 0.5) is 11.5 Å². The van der Waals surface area contributed by atoms with Crippen molar-refractivity contribution < 1.29 is 4.79 Å². The van der Waals surface area contributed by atoms with Gasteiger partial charge in [0.15, 0.2) is 0 Å². The number of amides is 1. The van der Waals surface area contributed by atoms with Gasteiger partial charge in [-0.2, -0.15) is 0 Å². The smallest absolute Gasteiger partial charge is 0.270 e. The lowest BCUT2D eigenvalue weighted by Gasteiger charge is -2.11. The maximum Gasteiger partial charge on any atom is 0.270 e. The zero-order chi connectivity index (χ0) is 19.2. The Balaban J connectivity index is 1.70. The lowest BCUT2D eigenvalue weighted by Crippen LogP contribution is -2.24. The molecule has 3 aromatic rings. The van der Waals surface area contributed by atoms with Crippen LogP contribution in [0.5, 0.6) is 0 Å². The van der Waals surface area contributed by atoms with Gasteiger partial charge in [-0.3, -0.25) is 9.78 Å². The maximum absolute atomic E-state index is 12.4. The van der Waals surface area contributed by atoms with Crippen molar-refractivity contribution in [2.45, 2.75) is 33.2 Å². The molecule has 138 valence electrons. The van der Waals surface area contributed by atoms with Crippen molar-refractivity contribution >= 4 is 17.4 Å². The van der Waals surface area contributed by atoms with Crippen LogP contribution in [0, 0.1) is 6.92 Å². The van der Waals surface area contributed by atoms with E-state index in [1.807, 2.05) is 24.3 Å². The van der Waals surface area contributed by atoms with Gasteiger partial charge in [-0.1, -0.05) is 26.0 Å². The van der Waals surface area contributed by atoms with Gasteiger partial charge in [-0.25, -0.2) is 9.97 Å². The summed E-state index contributed by atoms with van der Waals surface area (Å²) in [5.74, 6) is 1.37. The van der Waals surface area contributed by atoms with Gasteiger partial charge < -0.3 is 10.6 Å². The van der Waals surface area contributed by atoms with E-state index in [1.54, 1.807) is 25.4 Å². The van der Waals surface area contributed by atoms with Crippen molar-refractivity contribution in [2.75, 3.05) is 5.32 Å². The van der Waals surface area contributed by atoms with E-state index < -0.39 is 0 Å². The van der Waals surface area contributed by atoms with Gasteiger partial charge in [0, 0.05) is 30.7 Å². The Labute approximate surface area is 159 Å². The predicted molar refractivity (Wildman–Crippen MR) is 106 cm³/mol. The second kappa shape index (κ2) is 8.40. The summed E-state index contributed by atoms with van der Waals surface area (Å²) >= 11 is 0. The molecular weight excluding hydrogens is 338 g/mol. The summed E-state index contributed by atoms with van der Waals surface area (Å²) in [6.07, 6.45) is 3.39. The molecule has 0 unspecified atom stereocenters. The molecule has 0 aliphatic rings. The lowest BCUT2D eigenvalue weighted by atomic mass is 10.0. The second-order valence-corrected chi connectivity index (χ2v) is 6.63. The minimum atomic E-state index is -0.240. The molecule has 3 rings (SSSR count).